The molecule has 0 spiro atoms. The maximum Gasteiger partial charge on any atom is 0.325 e. The van der Waals surface area contributed by atoms with Crippen molar-refractivity contribution in [1.29, 1.82) is 0 Å². The van der Waals surface area contributed by atoms with E-state index in [2.05, 4.69) is 0 Å². The van der Waals surface area contributed by atoms with Crippen molar-refractivity contribution >= 4 is 16.3 Å². The summed E-state index contributed by atoms with van der Waals surface area (Å²) in [6.07, 6.45) is 0. The second kappa shape index (κ2) is 1.90. The van der Waals surface area contributed by atoms with E-state index in [0.29, 0.717) is 0 Å². The molecule has 0 unspecified atom stereocenters. The summed E-state index contributed by atoms with van der Waals surface area (Å²) in [5, 5.41) is 0. The molecule has 0 heterocycles. The first-order valence-corrected chi connectivity index (χ1v) is 1.97. The van der Waals surface area contributed by atoms with Crippen LogP contribution in [-0.4, -0.2) is 14.0 Å². The Kier molecular flexibility index (Phi) is 1.75. The smallest absolute Gasteiger partial charge is 0.272 e. The minimum Gasteiger partial charge on any atom is -0.272 e. The van der Waals surface area contributed by atoms with Crippen molar-refractivity contribution in [2.45, 2.75) is 0 Å². The largest absolute Gasteiger partial charge is 0.325 e. The second-order valence-corrected chi connectivity index (χ2v) is 1.05. The Morgan fingerprint density at radius 1 is 1.40 bits per heavy atom. The Bertz CT molecular complexity index is 83.1. The first-order valence-electron chi connectivity index (χ1n) is 0.793. The van der Waals surface area contributed by atoms with Crippen LogP contribution in [-0.2, 0) is 15.5 Å². The third-order valence-electron chi connectivity index (χ3n) is 0.0745. The van der Waals surface area contributed by atoms with Gasteiger partial charge in [0.1, 0.15) is 0 Å². The second-order valence-electron chi connectivity index (χ2n) is 0.348. The molecule has 0 aromatic rings. The highest BCUT2D eigenvalue weighted by Crippen LogP contribution is 1.36. The molecule has 0 aliphatic carbocycles. The summed E-state index contributed by atoms with van der Waals surface area (Å²) in [4.78, 5) is 8.78. The molecular weight excluding hydrogens is 92.1 g/mol. The van der Waals surface area contributed by atoms with Crippen LogP contribution in [0.15, 0.2) is 0 Å². The van der Waals surface area contributed by atoms with Crippen LogP contribution < -0.4 is 0 Å². The van der Waals surface area contributed by atoms with Crippen LogP contribution in [0.5, 0.6) is 0 Å². The Hall–Kier alpha value is -0.380. The van der Waals surface area contributed by atoms with Crippen LogP contribution in [0.3, 0.4) is 0 Å². The van der Waals surface area contributed by atoms with Gasteiger partial charge < -0.3 is 0 Å². The van der Waals surface area contributed by atoms with Gasteiger partial charge in [-0.15, -0.1) is 0 Å². The zero-order valence-corrected chi connectivity index (χ0v) is 3.07. The van der Waals surface area contributed by atoms with Crippen molar-refractivity contribution < 1.29 is 13.2 Å². The van der Waals surface area contributed by atoms with E-state index in [1.165, 1.54) is 0 Å². The van der Waals surface area contributed by atoms with Crippen molar-refractivity contribution in [2.75, 3.05) is 0 Å². The molecule has 0 N–H and O–H groups in total. The van der Waals surface area contributed by atoms with Crippen molar-refractivity contribution in [3.05, 3.63) is 0 Å². The molecule has 0 aliphatic heterocycles. The molecular formula is CHO3S. The SMILES string of the molecule is O=[C][SH](=O)=O. The van der Waals surface area contributed by atoms with E-state index in [-0.39, 0.29) is 0 Å². The van der Waals surface area contributed by atoms with Gasteiger partial charge in [0.2, 0.25) is 10.7 Å². The number of carbonyl (C=O) groups excluding carboxylic acids is 1. The number of hydrogen-bond donors (Lipinski definition) is 1. The molecule has 0 atom stereocenters. The van der Waals surface area contributed by atoms with E-state index < -0.39 is 10.7 Å². The number of hydrogen-bond acceptors (Lipinski definition) is 3. The predicted octanol–water partition coefficient (Wildman–Crippen LogP) is -1.33. The van der Waals surface area contributed by atoms with Gasteiger partial charge in [-0.1, -0.05) is 0 Å². The average molecular weight is 93.1 g/mol. The molecule has 4 heteroatoms. The maximum atomic E-state index is 8.98. The molecule has 0 bridgehead atoms. The number of rotatable bonds is 1. The Balaban J connectivity index is 3.69. The lowest BCUT2D eigenvalue weighted by Crippen LogP contribution is -1.68. The van der Waals surface area contributed by atoms with Crippen molar-refractivity contribution in [3.63, 3.8) is 0 Å². The summed E-state index contributed by atoms with van der Waals surface area (Å²) in [5.41, 5.74) is 0.731. The van der Waals surface area contributed by atoms with Crippen LogP contribution in [0.25, 0.3) is 0 Å². The normalized spacial score (nSPS) is 8.20. The molecule has 0 aromatic carbocycles. The summed E-state index contributed by atoms with van der Waals surface area (Å²) in [5.74, 6) is 0. The lowest BCUT2D eigenvalue weighted by atomic mass is 11.8. The van der Waals surface area contributed by atoms with E-state index >= 15 is 0 Å². The highest BCUT2D eigenvalue weighted by Gasteiger charge is 1.67. The zero-order chi connectivity index (χ0) is 4.28. The van der Waals surface area contributed by atoms with Gasteiger partial charge in [-0.05, 0) is 0 Å². The summed E-state index contributed by atoms with van der Waals surface area (Å²) in [6.45, 7) is 0. The van der Waals surface area contributed by atoms with E-state index in [1.807, 2.05) is 0 Å². The van der Waals surface area contributed by atoms with Gasteiger partial charge in [0.15, 0.2) is 0 Å². The van der Waals surface area contributed by atoms with Crippen molar-refractivity contribution in [3.8, 4) is 0 Å². The van der Waals surface area contributed by atoms with Crippen LogP contribution in [0.1, 0.15) is 0 Å². The molecule has 5 heavy (non-hydrogen) atoms. The average Bonchev–Trinajstić information content (AvgIpc) is 1.38. The Labute approximate surface area is 30.6 Å². The third-order valence-corrected chi connectivity index (χ3v) is 0.224. The predicted molar refractivity (Wildman–Crippen MR) is 16.0 cm³/mol. The topological polar surface area (TPSA) is 51.2 Å². The van der Waals surface area contributed by atoms with Gasteiger partial charge in [-0.3, -0.25) is 4.79 Å². The first-order chi connectivity index (χ1) is 2.27. The molecule has 0 saturated carbocycles. The van der Waals surface area contributed by atoms with Crippen molar-refractivity contribution in [2.24, 2.45) is 0 Å². The minimum absolute atomic E-state index is 0.731. The van der Waals surface area contributed by atoms with E-state index in [9.17, 15) is 0 Å². The maximum absolute atomic E-state index is 8.98. The highest BCUT2D eigenvalue weighted by molar-refractivity contribution is 7.86. The molecule has 0 rings (SSSR count). The number of thiol groups is 1. The fraction of sp³-hybridized carbons (Fsp3) is 0. The molecule has 29 valence electrons. The van der Waals surface area contributed by atoms with E-state index in [0.717, 1.165) is 5.62 Å². The third kappa shape index (κ3) is 3.62. The summed E-state index contributed by atoms with van der Waals surface area (Å²) >= 11 is 0. The van der Waals surface area contributed by atoms with Gasteiger partial charge >= 0.3 is 5.62 Å². The quantitative estimate of drug-likeness (QED) is 0.408. The van der Waals surface area contributed by atoms with Crippen molar-refractivity contribution in [1.82, 2.24) is 0 Å². The first kappa shape index (κ1) is 4.62. The van der Waals surface area contributed by atoms with E-state index in [1.54, 1.807) is 0 Å². The fourth-order valence-electron chi connectivity index (χ4n) is 0. The van der Waals surface area contributed by atoms with E-state index in [4.69, 9.17) is 13.2 Å². The summed E-state index contributed by atoms with van der Waals surface area (Å²) in [7, 11) is -2.90. The standard InChI is InChI=1S/CHO3S/c2-1-5(3)4/h5H. The van der Waals surface area contributed by atoms with Crippen LogP contribution in [0.2, 0.25) is 0 Å². The van der Waals surface area contributed by atoms with Crippen LogP contribution in [0, 0.1) is 0 Å². The van der Waals surface area contributed by atoms with Crippen LogP contribution >= 0.6 is 0 Å². The molecule has 0 aromatic heterocycles. The molecule has 0 amide bonds. The summed E-state index contributed by atoms with van der Waals surface area (Å²) in [6, 6.07) is 0. The molecule has 0 aliphatic rings. The zero-order valence-electron chi connectivity index (χ0n) is 2.17. The monoisotopic (exact) mass is 93.0 g/mol. The molecule has 3 nitrogen and oxygen atoms in total. The minimum atomic E-state index is -2.90. The van der Waals surface area contributed by atoms with Gasteiger partial charge in [0.05, 0.1) is 0 Å². The van der Waals surface area contributed by atoms with Crippen LogP contribution in [0.4, 0.5) is 0 Å². The van der Waals surface area contributed by atoms with Gasteiger partial charge in [-0.2, -0.15) is 0 Å². The van der Waals surface area contributed by atoms with Gasteiger partial charge in [0, 0.05) is 0 Å². The summed E-state index contributed by atoms with van der Waals surface area (Å²) < 4.78 is 18.0. The molecule has 0 fully saturated rings. The van der Waals surface area contributed by atoms with Gasteiger partial charge in [-0.25, -0.2) is 8.42 Å². The Morgan fingerprint density at radius 2 is 1.60 bits per heavy atom. The lowest BCUT2D eigenvalue weighted by Gasteiger charge is -1.41. The molecule has 1 radical (unpaired) electrons. The Morgan fingerprint density at radius 3 is 1.60 bits per heavy atom. The highest BCUT2D eigenvalue weighted by atomic mass is 32.2. The van der Waals surface area contributed by atoms with Gasteiger partial charge in [0.25, 0.3) is 0 Å². The molecule has 0 saturated heterocycles. The fourth-order valence-corrected chi connectivity index (χ4v) is 0. The lowest BCUT2D eigenvalue weighted by molar-refractivity contribution is 0.561.